The van der Waals surface area contributed by atoms with Gasteiger partial charge in [0.2, 0.25) is 0 Å². The number of benzene rings is 1. The highest BCUT2D eigenvalue weighted by Crippen LogP contribution is 2.45. The summed E-state index contributed by atoms with van der Waals surface area (Å²) in [6.07, 6.45) is 4.20. The number of carbonyl (C=O) groups excluding carboxylic acids is 1. The van der Waals surface area contributed by atoms with Crippen LogP contribution in [-0.4, -0.2) is 29.7 Å². The Morgan fingerprint density at radius 3 is 2.67 bits per heavy atom. The molecule has 5 nitrogen and oxygen atoms in total. The van der Waals surface area contributed by atoms with E-state index in [2.05, 4.69) is 39.7 Å². The van der Waals surface area contributed by atoms with Gasteiger partial charge in [0, 0.05) is 38.8 Å². The molecule has 1 N–H and O–H groups in total. The van der Waals surface area contributed by atoms with E-state index in [1.807, 2.05) is 16.1 Å². The van der Waals surface area contributed by atoms with Crippen molar-refractivity contribution in [1.82, 2.24) is 10.4 Å². The second-order valence-electron chi connectivity index (χ2n) is 7.54. The summed E-state index contributed by atoms with van der Waals surface area (Å²) in [6, 6.07) is 7.36. The third-order valence-electron chi connectivity index (χ3n) is 5.54. The molecule has 1 saturated heterocycles. The van der Waals surface area contributed by atoms with E-state index >= 15 is 0 Å². The predicted molar refractivity (Wildman–Crippen MR) is 128 cm³/mol. The number of piperidine rings is 1. The third kappa shape index (κ3) is 4.55. The molecule has 0 bridgehead atoms. The monoisotopic (exact) mass is 528 g/mol. The van der Waals surface area contributed by atoms with Gasteiger partial charge in [-0.25, -0.2) is 5.01 Å². The first-order valence-corrected chi connectivity index (χ1v) is 12.5. The Kier molecular flexibility index (Phi) is 7.05. The Hall–Kier alpha value is -1.12. The van der Waals surface area contributed by atoms with Crippen LogP contribution in [0.3, 0.4) is 0 Å². The van der Waals surface area contributed by atoms with Crippen LogP contribution in [0.2, 0.25) is 10.0 Å². The maximum Gasteiger partial charge on any atom is 0.282 e. The van der Waals surface area contributed by atoms with Gasteiger partial charge in [0.15, 0.2) is 0 Å². The Bertz CT molecular complexity index is 960. The largest absolute Gasteiger partial charge is 0.284 e. The topological polar surface area (TPSA) is 47.9 Å². The molecule has 0 saturated carbocycles. The Balaban J connectivity index is 1.70. The lowest BCUT2D eigenvalue weighted by molar-refractivity contribution is -0.120. The number of hydrazone groups is 1. The van der Waals surface area contributed by atoms with Crippen molar-refractivity contribution in [2.45, 2.75) is 38.6 Å². The number of anilines is 1. The van der Waals surface area contributed by atoms with Gasteiger partial charge in [0.25, 0.3) is 5.91 Å². The van der Waals surface area contributed by atoms with E-state index in [1.54, 1.807) is 23.5 Å². The highest BCUT2D eigenvalue weighted by molar-refractivity contribution is 9.10. The van der Waals surface area contributed by atoms with Crippen LogP contribution in [0.4, 0.5) is 5.69 Å². The van der Waals surface area contributed by atoms with Crippen molar-refractivity contribution in [2.24, 2.45) is 11.0 Å². The van der Waals surface area contributed by atoms with Crippen LogP contribution in [0.5, 0.6) is 0 Å². The number of carbonyl (C=O) groups is 1. The lowest BCUT2D eigenvalue weighted by Gasteiger charge is -2.28. The number of hydrogen-bond acceptors (Lipinski definition) is 5. The van der Waals surface area contributed by atoms with Gasteiger partial charge in [-0.3, -0.25) is 15.2 Å². The van der Waals surface area contributed by atoms with Crippen molar-refractivity contribution in [3.05, 3.63) is 49.0 Å². The third-order valence-corrected chi connectivity index (χ3v) is 7.84. The minimum Gasteiger partial charge on any atom is -0.284 e. The molecule has 2 atom stereocenters. The first-order chi connectivity index (χ1) is 14.5. The second-order valence-corrected chi connectivity index (χ2v) is 10.2. The molecule has 2 unspecified atom stereocenters. The molecule has 1 amide bonds. The number of halogens is 3. The van der Waals surface area contributed by atoms with E-state index in [-0.39, 0.29) is 17.9 Å². The summed E-state index contributed by atoms with van der Waals surface area (Å²) < 4.78 is 1.02. The van der Waals surface area contributed by atoms with E-state index < -0.39 is 0 Å². The molecule has 30 heavy (non-hydrogen) atoms. The van der Waals surface area contributed by atoms with Crippen LogP contribution in [-0.2, 0) is 4.79 Å². The fourth-order valence-corrected chi connectivity index (χ4v) is 6.17. The van der Waals surface area contributed by atoms with Crippen molar-refractivity contribution >= 4 is 67.8 Å². The van der Waals surface area contributed by atoms with Gasteiger partial charge in [0.1, 0.15) is 5.71 Å². The van der Waals surface area contributed by atoms with E-state index in [0.717, 1.165) is 47.4 Å². The van der Waals surface area contributed by atoms with Gasteiger partial charge in [-0.05, 0) is 59.5 Å². The smallest absolute Gasteiger partial charge is 0.282 e. The summed E-state index contributed by atoms with van der Waals surface area (Å²) in [5.74, 6) is -0.177. The first-order valence-electron chi connectivity index (χ1n) is 10.1. The number of amides is 1. The molecule has 0 spiro atoms. The molecule has 2 aliphatic heterocycles. The summed E-state index contributed by atoms with van der Waals surface area (Å²) in [7, 11) is 0. The summed E-state index contributed by atoms with van der Waals surface area (Å²) in [6.45, 7) is 3.85. The Morgan fingerprint density at radius 1 is 1.27 bits per heavy atom. The second kappa shape index (κ2) is 9.57. The standard InChI is InChI=1S/C21H23BrCl2N4OS/c1-2-15-19(21(29)26-27-8-4-3-5-9-27)25-28(17-7-6-14(23)11-16(17)24)20(15)18-10-13(22)12-30-18/h6-7,10-12,15,20H,2-5,8-9H2,1H3,(H,26,29). The van der Waals surface area contributed by atoms with Gasteiger partial charge in [-0.15, -0.1) is 11.3 Å². The van der Waals surface area contributed by atoms with E-state index in [0.29, 0.717) is 15.8 Å². The Labute approximate surface area is 199 Å². The van der Waals surface area contributed by atoms with E-state index in [9.17, 15) is 4.79 Å². The van der Waals surface area contributed by atoms with Gasteiger partial charge >= 0.3 is 0 Å². The molecule has 2 aromatic rings. The van der Waals surface area contributed by atoms with Crippen LogP contribution >= 0.6 is 50.5 Å². The summed E-state index contributed by atoms with van der Waals surface area (Å²) in [5.41, 5.74) is 4.37. The molecule has 9 heteroatoms. The van der Waals surface area contributed by atoms with Gasteiger partial charge in [-0.1, -0.05) is 36.5 Å². The fraction of sp³-hybridized carbons (Fsp3) is 0.429. The van der Waals surface area contributed by atoms with E-state index in [4.69, 9.17) is 28.3 Å². The quantitative estimate of drug-likeness (QED) is 0.496. The SMILES string of the molecule is CCC1C(C(=O)NN2CCCCC2)=NN(c2ccc(Cl)cc2Cl)C1c1cc(Br)cs1. The molecule has 1 aromatic carbocycles. The zero-order valence-electron chi connectivity index (χ0n) is 16.6. The highest BCUT2D eigenvalue weighted by Gasteiger charge is 2.42. The van der Waals surface area contributed by atoms with Crippen LogP contribution in [0, 0.1) is 5.92 Å². The zero-order chi connectivity index (χ0) is 21.3. The molecule has 2 aliphatic rings. The molecule has 1 fully saturated rings. The molecule has 0 radical (unpaired) electrons. The predicted octanol–water partition coefficient (Wildman–Crippen LogP) is 6.28. The summed E-state index contributed by atoms with van der Waals surface area (Å²) in [5, 5.41) is 11.8. The van der Waals surface area contributed by atoms with Crippen molar-refractivity contribution in [2.75, 3.05) is 18.1 Å². The Morgan fingerprint density at radius 2 is 2.03 bits per heavy atom. The molecular weight excluding hydrogens is 507 g/mol. The molecule has 160 valence electrons. The zero-order valence-corrected chi connectivity index (χ0v) is 20.5. The van der Waals surface area contributed by atoms with Crippen LogP contribution < -0.4 is 10.4 Å². The van der Waals surface area contributed by atoms with Gasteiger partial charge in [-0.2, -0.15) is 5.10 Å². The molecule has 0 aliphatic carbocycles. The minimum absolute atomic E-state index is 0.0490. The summed E-state index contributed by atoms with van der Waals surface area (Å²) >= 11 is 17.8. The highest BCUT2D eigenvalue weighted by atomic mass is 79.9. The molecule has 3 heterocycles. The number of nitrogens with zero attached hydrogens (tertiary/aromatic N) is 3. The van der Waals surface area contributed by atoms with Crippen LogP contribution in [0.25, 0.3) is 0 Å². The van der Waals surface area contributed by atoms with Crippen molar-refractivity contribution < 1.29 is 4.79 Å². The molecule has 1 aromatic heterocycles. The van der Waals surface area contributed by atoms with Crippen molar-refractivity contribution in [1.29, 1.82) is 0 Å². The average molecular weight is 530 g/mol. The average Bonchev–Trinajstić information content (AvgIpc) is 3.32. The fourth-order valence-electron chi connectivity index (χ4n) is 4.08. The van der Waals surface area contributed by atoms with Gasteiger partial charge < -0.3 is 0 Å². The number of nitrogens with one attached hydrogen (secondary N) is 1. The lowest BCUT2D eigenvalue weighted by atomic mass is 9.91. The number of hydrazine groups is 1. The summed E-state index contributed by atoms with van der Waals surface area (Å²) in [4.78, 5) is 14.3. The van der Waals surface area contributed by atoms with Crippen molar-refractivity contribution in [3.63, 3.8) is 0 Å². The molecular formula is C21H23BrCl2N4OS. The van der Waals surface area contributed by atoms with Crippen molar-refractivity contribution in [3.8, 4) is 0 Å². The lowest BCUT2D eigenvalue weighted by Crippen LogP contribution is -2.48. The minimum atomic E-state index is -0.128. The maximum absolute atomic E-state index is 13.2. The number of hydrogen-bond donors (Lipinski definition) is 1. The number of thiophene rings is 1. The molecule has 4 rings (SSSR count). The van der Waals surface area contributed by atoms with Gasteiger partial charge in [0.05, 0.1) is 16.8 Å². The first kappa shape index (κ1) is 22.1. The van der Waals surface area contributed by atoms with Crippen LogP contribution in [0.1, 0.15) is 43.5 Å². The normalized spacial score (nSPS) is 22.3. The maximum atomic E-state index is 13.2. The van der Waals surface area contributed by atoms with Crippen LogP contribution in [0.15, 0.2) is 39.2 Å². The number of rotatable bonds is 5. The van der Waals surface area contributed by atoms with E-state index in [1.165, 1.54) is 6.42 Å².